The maximum Gasteiger partial charge on any atom is 0.211 e. The van der Waals surface area contributed by atoms with Crippen LogP contribution in [-0.4, -0.2) is 10.9 Å². The zero-order chi connectivity index (χ0) is 17.9. The van der Waals surface area contributed by atoms with E-state index in [9.17, 15) is 0 Å². The molecular weight excluding hydrogens is 409 g/mol. The molecule has 4 rings (SSSR count). The number of halogens is 2. The highest BCUT2D eigenvalue weighted by molar-refractivity contribution is 7.14. The maximum atomic E-state index is 6.26. The molecule has 0 unspecified atom stereocenters. The summed E-state index contributed by atoms with van der Waals surface area (Å²) in [7, 11) is 0. The van der Waals surface area contributed by atoms with E-state index in [0.29, 0.717) is 26.3 Å². The summed E-state index contributed by atoms with van der Waals surface area (Å²) >= 11 is 15.4. The van der Waals surface area contributed by atoms with Crippen LogP contribution < -0.4 is 4.80 Å². The summed E-state index contributed by atoms with van der Waals surface area (Å²) in [5.74, 6) is 0.663. The molecule has 3 heterocycles. The first-order valence-corrected chi connectivity index (χ1v) is 10.0. The van der Waals surface area contributed by atoms with Crippen LogP contribution in [0.4, 0.5) is 5.69 Å². The van der Waals surface area contributed by atoms with Gasteiger partial charge in [0.2, 0.25) is 4.80 Å². The van der Waals surface area contributed by atoms with Crippen molar-refractivity contribution in [3.8, 4) is 10.6 Å². The Labute approximate surface area is 167 Å². The average Bonchev–Trinajstić information content (AvgIpc) is 3.37. The monoisotopic (exact) mass is 419 g/mol. The van der Waals surface area contributed by atoms with Crippen LogP contribution in [0.15, 0.2) is 74.0 Å². The molecule has 8 heteroatoms. The van der Waals surface area contributed by atoms with Crippen LogP contribution in [0.5, 0.6) is 0 Å². The molecule has 0 radical (unpaired) electrons. The topological polar surface area (TPSA) is 42.8 Å². The van der Waals surface area contributed by atoms with Crippen LogP contribution >= 0.6 is 45.9 Å². The van der Waals surface area contributed by atoms with Gasteiger partial charge in [0.05, 0.1) is 33.8 Å². The van der Waals surface area contributed by atoms with Crippen molar-refractivity contribution >= 4 is 57.8 Å². The Hall–Kier alpha value is -2.12. The van der Waals surface area contributed by atoms with Crippen molar-refractivity contribution in [3.63, 3.8) is 0 Å². The molecule has 0 atom stereocenters. The zero-order valence-corrected chi connectivity index (χ0v) is 16.3. The number of rotatable bonds is 4. The van der Waals surface area contributed by atoms with Gasteiger partial charge in [0.15, 0.2) is 0 Å². The second-order valence-electron chi connectivity index (χ2n) is 5.16. The molecule has 0 fully saturated rings. The van der Waals surface area contributed by atoms with Gasteiger partial charge >= 0.3 is 0 Å². The predicted molar refractivity (Wildman–Crippen MR) is 109 cm³/mol. The molecule has 0 saturated heterocycles. The van der Waals surface area contributed by atoms with Crippen molar-refractivity contribution in [2.45, 2.75) is 0 Å². The lowest BCUT2D eigenvalue weighted by Crippen LogP contribution is -2.11. The van der Waals surface area contributed by atoms with E-state index in [2.05, 4.69) is 10.1 Å². The van der Waals surface area contributed by atoms with E-state index < -0.39 is 0 Å². The van der Waals surface area contributed by atoms with Gasteiger partial charge in [-0.2, -0.15) is 5.10 Å². The highest BCUT2D eigenvalue weighted by Crippen LogP contribution is 2.29. The standard InChI is InChI=1S/C18H11Cl2N3OS2/c19-12-5-6-15(14(20)9-12)22-18-23(21-10-13-3-1-7-24-13)16(11-26-18)17-4-2-8-25-17/h1-11H. The number of furan rings is 1. The normalized spacial score (nSPS) is 12.3. The number of nitrogens with zero attached hydrogens (tertiary/aromatic N) is 3. The summed E-state index contributed by atoms with van der Waals surface area (Å²) in [6, 6.07) is 12.9. The van der Waals surface area contributed by atoms with Gasteiger partial charge in [-0.25, -0.2) is 9.67 Å². The molecule has 130 valence electrons. The Morgan fingerprint density at radius 1 is 1.08 bits per heavy atom. The Balaban J connectivity index is 1.85. The van der Waals surface area contributed by atoms with Gasteiger partial charge in [-0.15, -0.1) is 22.7 Å². The van der Waals surface area contributed by atoms with Gasteiger partial charge in [0, 0.05) is 10.4 Å². The molecule has 1 aromatic carbocycles. The van der Waals surface area contributed by atoms with Crippen molar-refractivity contribution in [2.75, 3.05) is 0 Å². The van der Waals surface area contributed by atoms with Crippen LogP contribution in [0.3, 0.4) is 0 Å². The third-order valence-electron chi connectivity index (χ3n) is 3.43. The smallest absolute Gasteiger partial charge is 0.211 e. The van der Waals surface area contributed by atoms with E-state index in [0.717, 1.165) is 10.6 Å². The van der Waals surface area contributed by atoms with Gasteiger partial charge < -0.3 is 4.42 Å². The minimum absolute atomic E-state index is 0.491. The summed E-state index contributed by atoms with van der Waals surface area (Å²) in [6.45, 7) is 0. The van der Waals surface area contributed by atoms with E-state index in [1.807, 2.05) is 35.0 Å². The molecule has 0 saturated carbocycles. The second kappa shape index (κ2) is 7.63. The molecule has 0 amide bonds. The molecule has 0 aliphatic heterocycles. The van der Waals surface area contributed by atoms with Gasteiger partial charge in [-0.3, -0.25) is 0 Å². The van der Waals surface area contributed by atoms with Crippen molar-refractivity contribution in [3.05, 3.63) is 80.1 Å². The Morgan fingerprint density at radius 3 is 2.73 bits per heavy atom. The van der Waals surface area contributed by atoms with E-state index in [4.69, 9.17) is 27.6 Å². The highest BCUT2D eigenvalue weighted by Gasteiger charge is 2.09. The van der Waals surface area contributed by atoms with Gasteiger partial charge in [0.25, 0.3) is 0 Å². The van der Waals surface area contributed by atoms with Crippen molar-refractivity contribution in [1.29, 1.82) is 0 Å². The molecule has 0 bridgehead atoms. The maximum absolute atomic E-state index is 6.26. The van der Waals surface area contributed by atoms with Crippen LogP contribution in [-0.2, 0) is 0 Å². The molecule has 0 aliphatic rings. The van der Waals surface area contributed by atoms with Gasteiger partial charge in [-0.1, -0.05) is 29.3 Å². The van der Waals surface area contributed by atoms with E-state index >= 15 is 0 Å². The fourth-order valence-electron chi connectivity index (χ4n) is 2.24. The van der Waals surface area contributed by atoms with Crippen molar-refractivity contribution in [1.82, 2.24) is 4.68 Å². The largest absolute Gasteiger partial charge is 0.463 e. The van der Waals surface area contributed by atoms with E-state index in [1.165, 1.54) is 11.3 Å². The predicted octanol–water partition coefficient (Wildman–Crippen LogP) is 6.29. The Kier molecular flexibility index (Phi) is 5.08. The van der Waals surface area contributed by atoms with Crippen molar-refractivity contribution < 1.29 is 4.42 Å². The van der Waals surface area contributed by atoms with Crippen LogP contribution in [0, 0.1) is 0 Å². The van der Waals surface area contributed by atoms with E-state index in [1.54, 1.807) is 46.7 Å². The summed E-state index contributed by atoms with van der Waals surface area (Å²) in [6.07, 6.45) is 3.27. The lowest BCUT2D eigenvalue weighted by atomic mass is 10.3. The molecule has 4 aromatic rings. The third kappa shape index (κ3) is 3.68. The van der Waals surface area contributed by atoms with Crippen LogP contribution in [0.1, 0.15) is 5.76 Å². The van der Waals surface area contributed by atoms with Crippen LogP contribution in [0.2, 0.25) is 10.0 Å². The Morgan fingerprint density at radius 2 is 2.00 bits per heavy atom. The first-order valence-electron chi connectivity index (χ1n) is 7.53. The second-order valence-corrected chi connectivity index (χ2v) is 7.79. The number of hydrogen-bond acceptors (Lipinski definition) is 5. The van der Waals surface area contributed by atoms with E-state index in [-0.39, 0.29) is 0 Å². The minimum atomic E-state index is 0.491. The Bertz CT molecular complexity index is 1110. The number of aromatic nitrogens is 1. The lowest BCUT2D eigenvalue weighted by molar-refractivity contribution is 0.559. The molecule has 26 heavy (non-hydrogen) atoms. The fraction of sp³-hybridized carbons (Fsp3) is 0. The quantitative estimate of drug-likeness (QED) is 0.358. The zero-order valence-electron chi connectivity index (χ0n) is 13.2. The number of thiophene rings is 1. The van der Waals surface area contributed by atoms with Crippen molar-refractivity contribution in [2.24, 2.45) is 10.1 Å². The summed E-state index contributed by atoms with van der Waals surface area (Å²) < 4.78 is 7.11. The first-order chi connectivity index (χ1) is 12.7. The fourth-order valence-corrected chi connectivity index (χ4v) is 4.33. The molecule has 0 aliphatic carbocycles. The SMILES string of the molecule is Clc1ccc(N=c2scc(-c3cccs3)n2N=Cc2ccco2)c(Cl)c1. The van der Waals surface area contributed by atoms with Gasteiger partial charge in [-0.05, 0) is 41.8 Å². The third-order valence-corrected chi connectivity index (χ3v) is 5.67. The summed E-state index contributed by atoms with van der Waals surface area (Å²) in [4.78, 5) is 6.46. The minimum Gasteiger partial charge on any atom is -0.463 e. The molecule has 4 nitrogen and oxygen atoms in total. The molecule has 0 N–H and O–H groups in total. The number of hydrogen-bond donors (Lipinski definition) is 0. The summed E-state index contributed by atoms with van der Waals surface area (Å²) in [5.41, 5.74) is 1.59. The van der Waals surface area contributed by atoms with Gasteiger partial charge in [0.1, 0.15) is 5.76 Å². The molecule has 3 aromatic heterocycles. The average molecular weight is 420 g/mol. The van der Waals surface area contributed by atoms with Crippen LogP contribution in [0.25, 0.3) is 10.6 Å². The molecular formula is C18H11Cl2N3OS2. The number of benzene rings is 1. The first kappa shape index (κ1) is 17.3. The lowest BCUT2D eigenvalue weighted by Gasteiger charge is -2.01. The highest BCUT2D eigenvalue weighted by atomic mass is 35.5. The summed E-state index contributed by atoms with van der Waals surface area (Å²) in [5, 5.41) is 9.67. The molecule has 0 spiro atoms. The number of thiazole rings is 1.